The fraction of sp³-hybridized carbons (Fsp3) is 0.929. The van der Waals surface area contributed by atoms with Gasteiger partial charge in [-0.15, -0.1) is 12.4 Å². The molecule has 2 unspecified atom stereocenters. The smallest absolute Gasteiger partial charge is 0.228 e. The average Bonchev–Trinajstić information content (AvgIpc) is 3.16. The standard InChI is InChI=1S/C14H26N2O2.ClH/c1-3-15-10-11-5-7-16(8-6-11)14(17)12-9-13(12)18-4-2;/h11-13,15H,3-10H2,1-2H3;1H. The van der Waals surface area contributed by atoms with Crippen LogP contribution in [0.2, 0.25) is 0 Å². The number of halogens is 1. The third kappa shape index (κ3) is 4.62. The van der Waals surface area contributed by atoms with Crippen LogP contribution in [0.1, 0.15) is 33.1 Å². The van der Waals surface area contributed by atoms with Crippen molar-refractivity contribution in [3.63, 3.8) is 0 Å². The first kappa shape index (κ1) is 16.7. The average molecular weight is 291 g/mol. The predicted octanol–water partition coefficient (Wildman–Crippen LogP) is 1.68. The molecule has 1 heterocycles. The van der Waals surface area contributed by atoms with Gasteiger partial charge < -0.3 is 15.0 Å². The minimum Gasteiger partial charge on any atom is -0.378 e. The molecule has 1 aliphatic heterocycles. The summed E-state index contributed by atoms with van der Waals surface area (Å²) in [5.74, 6) is 1.24. The molecule has 1 saturated carbocycles. The van der Waals surface area contributed by atoms with Gasteiger partial charge in [-0.3, -0.25) is 4.79 Å². The van der Waals surface area contributed by atoms with Crippen molar-refractivity contribution in [3.05, 3.63) is 0 Å². The molecule has 1 amide bonds. The fourth-order valence-electron chi connectivity index (χ4n) is 2.77. The van der Waals surface area contributed by atoms with Crippen LogP contribution in [0, 0.1) is 11.8 Å². The van der Waals surface area contributed by atoms with E-state index < -0.39 is 0 Å². The summed E-state index contributed by atoms with van der Waals surface area (Å²) in [5, 5.41) is 3.40. The molecular formula is C14H27ClN2O2. The molecule has 0 spiro atoms. The zero-order chi connectivity index (χ0) is 13.0. The van der Waals surface area contributed by atoms with Crippen molar-refractivity contribution in [2.24, 2.45) is 11.8 Å². The molecule has 2 aliphatic rings. The summed E-state index contributed by atoms with van der Waals surface area (Å²) in [6, 6.07) is 0. The molecule has 2 rings (SSSR count). The Hall–Kier alpha value is -0.320. The summed E-state index contributed by atoms with van der Waals surface area (Å²) in [4.78, 5) is 14.2. The van der Waals surface area contributed by atoms with E-state index in [0.29, 0.717) is 5.91 Å². The molecule has 112 valence electrons. The van der Waals surface area contributed by atoms with E-state index in [9.17, 15) is 4.79 Å². The molecule has 2 atom stereocenters. The highest BCUT2D eigenvalue weighted by Crippen LogP contribution is 2.36. The molecule has 0 aromatic rings. The second kappa shape index (κ2) is 8.08. The largest absolute Gasteiger partial charge is 0.378 e. The van der Waals surface area contributed by atoms with Crippen molar-refractivity contribution in [1.29, 1.82) is 0 Å². The maximum absolute atomic E-state index is 12.2. The second-order valence-electron chi connectivity index (χ2n) is 5.41. The molecule has 19 heavy (non-hydrogen) atoms. The van der Waals surface area contributed by atoms with Gasteiger partial charge in [-0.1, -0.05) is 6.92 Å². The van der Waals surface area contributed by atoms with E-state index in [0.717, 1.165) is 58.0 Å². The van der Waals surface area contributed by atoms with Crippen LogP contribution in [0.5, 0.6) is 0 Å². The summed E-state index contributed by atoms with van der Waals surface area (Å²) < 4.78 is 5.49. The van der Waals surface area contributed by atoms with E-state index in [4.69, 9.17) is 4.74 Å². The minimum atomic E-state index is 0. The zero-order valence-electron chi connectivity index (χ0n) is 12.1. The molecule has 1 N–H and O–H groups in total. The summed E-state index contributed by atoms with van der Waals surface area (Å²) >= 11 is 0. The Morgan fingerprint density at radius 3 is 2.58 bits per heavy atom. The van der Waals surface area contributed by atoms with E-state index in [1.54, 1.807) is 0 Å². The Morgan fingerprint density at radius 1 is 1.32 bits per heavy atom. The second-order valence-corrected chi connectivity index (χ2v) is 5.41. The Bertz CT molecular complexity index is 281. The van der Waals surface area contributed by atoms with E-state index in [2.05, 4.69) is 12.2 Å². The Balaban J connectivity index is 0.00000180. The molecule has 5 heteroatoms. The van der Waals surface area contributed by atoms with Gasteiger partial charge >= 0.3 is 0 Å². The van der Waals surface area contributed by atoms with Gasteiger partial charge in [0.25, 0.3) is 0 Å². The highest BCUT2D eigenvalue weighted by Gasteiger charge is 2.46. The number of amides is 1. The van der Waals surface area contributed by atoms with E-state index in [-0.39, 0.29) is 24.4 Å². The van der Waals surface area contributed by atoms with Gasteiger partial charge in [0.2, 0.25) is 5.91 Å². The first-order valence-corrected chi connectivity index (χ1v) is 7.37. The SMILES string of the molecule is CCNCC1CCN(C(=O)C2CC2OCC)CC1.Cl. The van der Waals surface area contributed by atoms with Crippen LogP contribution in [0.15, 0.2) is 0 Å². The van der Waals surface area contributed by atoms with Crippen LogP contribution in [0.25, 0.3) is 0 Å². The number of piperidine rings is 1. The number of hydrogen-bond donors (Lipinski definition) is 1. The Labute approximate surface area is 122 Å². The van der Waals surface area contributed by atoms with Gasteiger partial charge in [0.05, 0.1) is 12.0 Å². The lowest BCUT2D eigenvalue weighted by Crippen LogP contribution is -2.41. The molecule has 0 radical (unpaired) electrons. The normalized spacial score (nSPS) is 26.9. The number of nitrogens with one attached hydrogen (secondary N) is 1. The summed E-state index contributed by atoms with van der Waals surface area (Å²) in [5.41, 5.74) is 0. The van der Waals surface area contributed by atoms with Crippen molar-refractivity contribution in [1.82, 2.24) is 10.2 Å². The Morgan fingerprint density at radius 2 is 2.00 bits per heavy atom. The quantitative estimate of drug-likeness (QED) is 0.809. The van der Waals surface area contributed by atoms with Crippen LogP contribution in [-0.2, 0) is 9.53 Å². The van der Waals surface area contributed by atoms with E-state index in [1.165, 1.54) is 0 Å². The van der Waals surface area contributed by atoms with Crippen molar-refractivity contribution < 1.29 is 9.53 Å². The van der Waals surface area contributed by atoms with Gasteiger partial charge in [-0.25, -0.2) is 0 Å². The third-order valence-electron chi connectivity index (χ3n) is 4.04. The van der Waals surface area contributed by atoms with E-state index in [1.807, 2.05) is 11.8 Å². The summed E-state index contributed by atoms with van der Waals surface area (Å²) in [6.07, 6.45) is 3.43. The number of carbonyl (C=O) groups is 1. The number of ether oxygens (including phenoxy) is 1. The number of carbonyl (C=O) groups excluding carboxylic acids is 1. The molecule has 4 nitrogen and oxygen atoms in total. The van der Waals surface area contributed by atoms with Gasteiger partial charge in [-0.2, -0.15) is 0 Å². The molecule has 0 aromatic heterocycles. The third-order valence-corrected chi connectivity index (χ3v) is 4.04. The molecular weight excluding hydrogens is 264 g/mol. The van der Waals surface area contributed by atoms with Gasteiger partial charge in [0.15, 0.2) is 0 Å². The van der Waals surface area contributed by atoms with E-state index >= 15 is 0 Å². The van der Waals surface area contributed by atoms with Crippen LogP contribution in [-0.4, -0.2) is 49.7 Å². The highest BCUT2D eigenvalue weighted by atomic mass is 35.5. The summed E-state index contributed by atoms with van der Waals surface area (Å²) in [7, 11) is 0. The minimum absolute atomic E-state index is 0. The summed E-state index contributed by atoms with van der Waals surface area (Å²) in [6.45, 7) is 8.86. The van der Waals surface area contributed by atoms with Crippen LogP contribution in [0.3, 0.4) is 0 Å². The van der Waals surface area contributed by atoms with Crippen molar-refractivity contribution in [2.45, 2.75) is 39.2 Å². The van der Waals surface area contributed by atoms with Crippen LogP contribution in [0.4, 0.5) is 0 Å². The van der Waals surface area contributed by atoms with Gasteiger partial charge in [0.1, 0.15) is 0 Å². The predicted molar refractivity (Wildman–Crippen MR) is 78.6 cm³/mol. The van der Waals surface area contributed by atoms with Crippen molar-refractivity contribution in [2.75, 3.05) is 32.8 Å². The molecule has 0 aromatic carbocycles. The first-order valence-electron chi connectivity index (χ1n) is 7.37. The highest BCUT2D eigenvalue weighted by molar-refractivity contribution is 5.85. The van der Waals surface area contributed by atoms with Gasteiger partial charge in [-0.05, 0) is 45.2 Å². The number of nitrogens with zero attached hydrogens (tertiary/aromatic N) is 1. The maximum atomic E-state index is 12.2. The van der Waals surface area contributed by atoms with Gasteiger partial charge in [0, 0.05) is 19.7 Å². The van der Waals surface area contributed by atoms with Crippen molar-refractivity contribution >= 4 is 18.3 Å². The molecule has 0 bridgehead atoms. The lowest BCUT2D eigenvalue weighted by atomic mass is 9.96. The van der Waals surface area contributed by atoms with Crippen molar-refractivity contribution in [3.8, 4) is 0 Å². The number of rotatable bonds is 6. The van der Waals surface area contributed by atoms with Crippen LogP contribution >= 0.6 is 12.4 Å². The van der Waals surface area contributed by atoms with Crippen LogP contribution < -0.4 is 5.32 Å². The maximum Gasteiger partial charge on any atom is 0.228 e. The zero-order valence-corrected chi connectivity index (χ0v) is 12.9. The first-order chi connectivity index (χ1) is 8.76. The lowest BCUT2D eigenvalue weighted by Gasteiger charge is -2.32. The molecule has 2 fully saturated rings. The topological polar surface area (TPSA) is 41.6 Å². The number of hydrogen-bond acceptors (Lipinski definition) is 3. The fourth-order valence-corrected chi connectivity index (χ4v) is 2.77. The Kier molecular flexibility index (Phi) is 7.11. The number of likely N-dealkylation sites (tertiary alicyclic amines) is 1. The molecule has 1 saturated heterocycles. The monoisotopic (exact) mass is 290 g/mol. The lowest BCUT2D eigenvalue weighted by molar-refractivity contribution is -0.135. The molecule has 1 aliphatic carbocycles.